The van der Waals surface area contributed by atoms with Crippen molar-refractivity contribution in [1.29, 1.82) is 0 Å². The maximum Gasteiger partial charge on any atom is 0.378 e. The number of esters is 1. The lowest BCUT2D eigenvalue weighted by Crippen LogP contribution is -2.25. The first-order valence-corrected chi connectivity index (χ1v) is 6.24. The van der Waals surface area contributed by atoms with Crippen molar-refractivity contribution in [3.63, 3.8) is 0 Å². The van der Waals surface area contributed by atoms with E-state index in [1.807, 2.05) is 0 Å². The van der Waals surface area contributed by atoms with Crippen LogP contribution in [0.25, 0.3) is 0 Å². The van der Waals surface area contributed by atoms with Crippen LogP contribution in [0.2, 0.25) is 0 Å². The average Bonchev–Trinajstić information content (AvgIpc) is 2.91. The molecule has 2 aromatic rings. The molecule has 6 nitrogen and oxygen atoms in total. The second-order valence-electron chi connectivity index (χ2n) is 4.45. The third-order valence-corrected chi connectivity index (χ3v) is 3.26. The third-order valence-electron chi connectivity index (χ3n) is 3.26. The summed E-state index contributed by atoms with van der Waals surface area (Å²) in [4.78, 5) is 15.5. The molecule has 1 aliphatic heterocycles. The van der Waals surface area contributed by atoms with Gasteiger partial charge in [-0.1, -0.05) is 18.2 Å². The van der Waals surface area contributed by atoms with Crippen LogP contribution in [0, 0.1) is 5.82 Å². The maximum absolute atomic E-state index is 13.9. The van der Waals surface area contributed by atoms with Crippen molar-refractivity contribution in [2.45, 2.75) is 12.5 Å². The number of hydrogen-bond acceptors (Lipinski definition) is 5. The molecule has 0 aliphatic carbocycles. The first-order valence-electron chi connectivity index (χ1n) is 6.24. The van der Waals surface area contributed by atoms with Crippen LogP contribution in [0.3, 0.4) is 0 Å². The molecule has 2 heterocycles. The van der Waals surface area contributed by atoms with Crippen LogP contribution in [0.15, 0.2) is 24.3 Å². The standard InChI is InChI=1S/C13H13FN4O2/c1-20-12(19)11-16-13-15-7-6-10(18(13)17-11)8-4-2-3-5-9(8)14/h2-5,10H,6-7H2,1H3,(H,15,16,17). The molecule has 1 N–H and O–H groups in total. The maximum atomic E-state index is 13.9. The predicted octanol–water partition coefficient (Wildman–Crippen LogP) is 1.61. The zero-order valence-electron chi connectivity index (χ0n) is 10.8. The van der Waals surface area contributed by atoms with E-state index in [4.69, 9.17) is 0 Å². The zero-order chi connectivity index (χ0) is 14.1. The van der Waals surface area contributed by atoms with Crippen molar-refractivity contribution >= 4 is 11.9 Å². The fourth-order valence-corrected chi connectivity index (χ4v) is 2.31. The fourth-order valence-electron chi connectivity index (χ4n) is 2.31. The highest BCUT2D eigenvalue weighted by molar-refractivity contribution is 5.85. The van der Waals surface area contributed by atoms with Gasteiger partial charge >= 0.3 is 5.97 Å². The monoisotopic (exact) mass is 276 g/mol. The Morgan fingerprint density at radius 3 is 3.05 bits per heavy atom. The summed E-state index contributed by atoms with van der Waals surface area (Å²) in [5.74, 6) is -0.482. The van der Waals surface area contributed by atoms with Crippen molar-refractivity contribution in [3.8, 4) is 0 Å². The molecule has 0 bridgehead atoms. The quantitative estimate of drug-likeness (QED) is 0.844. The molecule has 1 aliphatic rings. The smallest absolute Gasteiger partial charge is 0.378 e. The van der Waals surface area contributed by atoms with E-state index < -0.39 is 5.97 Å². The first kappa shape index (κ1) is 12.6. The highest BCUT2D eigenvalue weighted by Crippen LogP contribution is 2.29. The van der Waals surface area contributed by atoms with Crippen molar-refractivity contribution in [1.82, 2.24) is 14.8 Å². The molecule has 0 fully saturated rings. The molecule has 1 aromatic carbocycles. The van der Waals surface area contributed by atoms with E-state index in [9.17, 15) is 9.18 Å². The number of aromatic nitrogens is 3. The van der Waals surface area contributed by atoms with Gasteiger partial charge in [0.1, 0.15) is 5.82 Å². The SMILES string of the molecule is COC(=O)c1nc2n(n1)C(c1ccccc1F)CCN2. The van der Waals surface area contributed by atoms with Crippen molar-refractivity contribution in [2.75, 3.05) is 19.0 Å². The van der Waals surface area contributed by atoms with Crippen LogP contribution in [-0.4, -0.2) is 34.4 Å². The number of nitrogens with one attached hydrogen (secondary N) is 1. The summed E-state index contributed by atoms with van der Waals surface area (Å²) < 4.78 is 20.1. The normalized spacial score (nSPS) is 17.2. The molecule has 1 unspecified atom stereocenters. The number of ether oxygens (including phenoxy) is 1. The Morgan fingerprint density at radius 1 is 1.50 bits per heavy atom. The van der Waals surface area contributed by atoms with Gasteiger partial charge in [-0.15, -0.1) is 5.10 Å². The number of carbonyl (C=O) groups is 1. The van der Waals surface area contributed by atoms with Gasteiger partial charge in [0.2, 0.25) is 5.95 Å². The summed E-state index contributed by atoms with van der Waals surface area (Å²) >= 11 is 0. The van der Waals surface area contributed by atoms with Gasteiger partial charge in [-0.2, -0.15) is 4.98 Å². The van der Waals surface area contributed by atoms with Crippen LogP contribution in [0.1, 0.15) is 28.6 Å². The number of nitrogens with zero attached hydrogens (tertiary/aromatic N) is 3. The van der Waals surface area contributed by atoms with Gasteiger partial charge in [0.05, 0.1) is 13.2 Å². The Hall–Kier alpha value is -2.44. The molecule has 7 heteroatoms. The Bertz CT molecular complexity index is 656. The molecule has 3 rings (SSSR count). The Morgan fingerprint density at radius 2 is 2.30 bits per heavy atom. The minimum Gasteiger partial charge on any atom is -0.463 e. The van der Waals surface area contributed by atoms with E-state index in [1.165, 1.54) is 17.9 Å². The number of anilines is 1. The average molecular weight is 276 g/mol. The predicted molar refractivity (Wildman–Crippen MR) is 69.0 cm³/mol. The van der Waals surface area contributed by atoms with Crippen LogP contribution in [0.5, 0.6) is 0 Å². The second kappa shape index (κ2) is 4.92. The van der Waals surface area contributed by atoms with E-state index >= 15 is 0 Å². The minimum atomic E-state index is -0.610. The number of methoxy groups -OCH3 is 1. The third kappa shape index (κ3) is 2.01. The summed E-state index contributed by atoms with van der Waals surface area (Å²) in [6.07, 6.45) is 0.665. The molecular weight excluding hydrogens is 263 g/mol. The highest BCUT2D eigenvalue weighted by Gasteiger charge is 2.28. The molecule has 104 valence electrons. The molecule has 20 heavy (non-hydrogen) atoms. The lowest BCUT2D eigenvalue weighted by molar-refractivity contribution is 0.0586. The molecule has 0 saturated carbocycles. The van der Waals surface area contributed by atoms with Crippen LogP contribution < -0.4 is 5.32 Å². The molecule has 0 saturated heterocycles. The van der Waals surface area contributed by atoms with Gasteiger partial charge in [-0.25, -0.2) is 13.9 Å². The first-order chi connectivity index (χ1) is 9.70. The lowest BCUT2D eigenvalue weighted by Gasteiger charge is -2.24. The molecule has 0 amide bonds. The summed E-state index contributed by atoms with van der Waals surface area (Å²) in [5.41, 5.74) is 0.538. The van der Waals surface area contributed by atoms with Crippen molar-refractivity contribution < 1.29 is 13.9 Å². The molecule has 0 radical (unpaired) electrons. The zero-order valence-corrected chi connectivity index (χ0v) is 10.8. The van der Waals surface area contributed by atoms with Gasteiger partial charge in [0, 0.05) is 12.1 Å². The highest BCUT2D eigenvalue weighted by atomic mass is 19.1. The van der Waals surface area contributed by atoms with Gasteiger partial charge in [-0.05, 0) is 12.5 Å². The van der Waals surface area contributed by atoms with Crippen molar-refractivity contribution in [3.05, 3.63) is 41.5 Å². The summed E-state index contributed by atoms with van der Waals surface area (Å²) in [6, 6.07) is 6.27. The molecule has 1 aromatic heterocycles. The van der Waals surface area contributed by atoms with Crippen LogP contribution >= 0.6 is 0 Å². The summed E-state index contributed by atoms with van der Waals surface area (Å²) in [7, 11) is 1.27. The molecule has 1 atom stereocenters. The molecular formula is C13H13FN4O2. The van der Waals surface area contributed by atoms with Gasteiger partial charge in [0.15, 0.2) is 0 Å². The Kier molecular flexibility index (Phi) is 3.09. The lowest BCUT2D eigenvalue weighted by atomic mass is 10.0. The second-order valence-corrected chi connectivity index (χ2v) is 4.45. The Balaban J connectivity index is 2.04. The van der Waals surface area contributed by atoms with Crippen LogP contribution in [0.4, 0.5) is 10.3 Å². The van der Waals surface area contributed by atoms with Crippen molar-refractivity contribution in [2.24, 2.45) is 0 Å². The number of hydrogen-bond donors (Lipinski definition) is 1. The van der Waals surface area contributed by atoms with Crippen LogP contribution in [-0.2, 0) is 4.74 Å². The topological polar surface area (TPSA) is 69.0 Å². The van der Waals surface area contributed by atoms with E-state index in [-0.39, 0.29) is 17.7 Å². The van der Waals surface area contributed by atoms with Gasteiger partial charge in [-0.3, -0.25) is 0 Å². The minimum absolute atomic E-state index is 0.0294. The largest absolute Gasteiger partial charge is 0.463 e. The molecule has 0 spiro atoms. The number of halogens is 1. The summed E-state index contributed by atoms with van der Waals surface area (Å²) in [5, 5.41) is 7.16. The fraction of sp³-hybridized carbons (Fsp3) is 0.308. The number of carbonyl (C=O) groups excluding carboxylic acids is 1. The number of rotatable bonds is 2. The number of benzene rings is 1. The van der Waals surface area contributed by atoms with Gasteiger partial charge in [0.25, 0.3) is 5.82 Å². The Labute approximate surface area is 114 Å². The van der Waals surface area contributed by atoms with E-state index in [0.717, 1.165) is 0 Å². The number of fused-ring (bicyclic) bond motifs is 1. The van der Waals surface area contributed by atoms with E-state index in [0.29, 0.717) is 24.5 Å². The summed E-state index contributed by atoms with van der Waals surface area (Å²) in [6.45, 7) is 0.637. The van der Waals surface area contributed by atoms with E-state index in [2.05, 4.69) is 20.1 Å². The van der Waals surface area contributed by atoms with E-state index in [1.54, 1.807) is 18.2 Å². The van der Waals surface area contributed by atoms with Gasteiger partial charge < -0.3 is 10.1 Å².